The number of hydrogen-bond donors (Lipinski definition) is 1. The van der Waals surface area contributed by atoms with Crippen molar-refractivity contribution in [2.24, 2.45) is 5.92 Å². The number of allylic oxidation sites excluding steroid dienone is 2. The smallest absolute Gasteiger partial charge is 0.273 e. The van der Waals surface area contributed by atoms with Crippen molar-refractivity contribution >= 4 is 34.6 Å². The van der Waals surface area contributed by atoms with Crippen molar-refractivity contribution in [1.82, 2.24) is 0 Å². The number of non-ortho nitro benzene ring substituents is 1. The van der Waals surface area contributed by atoms with E-state index in [1.165, 1.54) is 13.2 Å². The second-order valence-corrected chi connectivity index (χ2v) is 7.35. The highest BCUT2D eigenvalue weighted by Gasteiger charge is 2.40. The lowest BCUT2D eigenvalue weighted by Crippen LogP contribution is -2.29. The van der Waals surface area contributed by atoms with Gasteiger partial charge in [-0.15, -0.1) is 0 Å². The number of nitro benzene ring substituents is 1. The number of halogens is 2. The third-order valence-corrected chi connectivity index (χ3v) is 5.71. The van der Waals surface area contributed by atoms with E-state index in [1.807, 2.05) is 12.1 Å². The lowest BCUT2D eigenvalue weighted by atomic mass is 9.76. The van der Waals surface area contributed by atoms with Crippen LogP contribution in [0.15, 0.2) is 42.5 Å². The molecule has 2 aliphatic rings. The number of benzene rings is 2. The molecule has 1 heterocycles. The van der Waals surface area contributed by atoms with Crippen molar-refractivity contribution in [1.29, 1.82) is 0 Å². The van der Waals surface area contributed by atoms with Crippen molar-refractivity contribution in [2.75, 3.05) is 12.4 Å². The van der Waals surface area contributed by atoms with Crippen LogP contribution in [0.5, 0.6) is 5.75 Å². The second-order valence-electron chi connectivity index (χ2n) is 6.51. The minimum atomic E-state index is -0.390. The molecule has 134 valence electrons. The summed E-state index contributed by atoms with van der Waals surface area (Å²) in [6.45, 7) is 0. The molecule has 1 aliphatic carbocycles. The molecule has 0 saturated carbocycles. The minimum absolute atomic E-state index is 0.0319. The van der Waals surface area contributed by atoms with Gasteiger partial charge in [-0.05, 0) is 35.6 Å². The summed E-state index contributed by atoms with van der Waals surface area (Å²) in [5.41, 5.74) is 2.66. The molecule has 0 fully saturated rings. The maximum absolute atomic E-state index is 11.3. The fourth-order valence-electron chi connectivity index (χ4n) is 3.98. The molecule has 0 saturated heterocycles. The van der Waals surface area contributed by atoms with Gasteiger partial charge in [0, 0.05) is 22.0 Å². The summed E-state index contributed by atoms with van der Waals surface area (Å²) in [5, 5.41) is 16.0. The summed E-state index contributed by atoms with van der Waals surface area (Å²) in [6, 6.07) is 8.54. The Hall–Kier alpha value is -2.24. The molecule has 2 aromatic carbocycles. The first-order chi connectivity index (χ1) is 12.5. The highest BCUT2D eigenvalue weighted by molar-refractivity contribution is 6.35. The average Bonchev–Trinajstić information content (AvgIpc) is 3.10. The maximum atomic E-state index is 11.3. The Kier molecular flexibility index (Phi) is 4.29. The van der Waals surface area contributed by atoms with E-state index in [1.54, 1.807) is 12.1 Å². The highest BCUT2D eigenvalue weighted by Crippen LogP contribution is 2.54. The van der Waals surface area contributed by atoms with Crippen LogP contribution in [0.3, 0.4) is 0 Å². The van der Waals surface area contributed by atoms with Gasteiger partial charge >= 0.3 is 0 Å². The van der Waals surface area contributed by atoms with Crippen LogP contribution in [-0.2, 0) is 0 Å². The minimum Gasteiger partial charge on any atom is -0.494 e. The normalized spacial score (nSPS) is 23.1. The molecule has 4 rings (SSSR count). The number of hydrogen-bond acceptors (Lipinski definition) is 4. The summed E-state index contributed by atoms with van der Waals surface area (Å²) >= 11 is 12.5. The van der Waals surface area contributed by atoms with Gasteiger partial charge < -0.3 is 10.1 Å². The lowest BCUT2D eigenvalue weighted by Gasteiger charge is -2.38. The number of anilines is 1. The zero-order chi connectivity index (χ0) is 18.4. The Labute approximate surface area is 160 Å². The van der Waals surface area contributed by atoms with E-state index in [0.717, 1.165) is 23.2 Å². The van der Waals surface area contributed by atoms with Gasteiger partial charge in [-0.2, -0.15) is 0 Å². The number of methoxy groups -OCH3 is 1. The molecule has 0 spiro atoms. The monoisotopic (exact) mass is 390 g/mol. The fraction of sp³-hybridized carbons (Fsp3) is 0.263. The molecular weight excluding hydrogens is 375 g/mol. The Bertz CT molecular complexity index is 929. The summed E-state index contributed by atoms with van der Waals surface area (Å²) in [7, 11) is 1.52. The molecule has 3 atom stereocenters. The van der Waals surface area contributed by atoms with Crippen LogP contribution in [0.4, 0.5) is 11.4 Å². The Morgan fingerprint density at radius 3 is 2.73 bits per heavy atom. The van der Waals surface area contributed by atoms with Gasteiger partial charge in [-0.3, -0.25) is 10.1 Å². The largest absolute Gasteiger partial charge is 0.494 e. The van der Waals surface area contributed by atoms with Gasteiger partial charge in [0.05, 0.1) is 29.8 Å². The molecule has 26 heavy (non-hydrogen) atoms. The molecular formula is C19H16Cl2N2O3. The molecule has 0 bridgehead atoms. The van der Waals surface area contributed by atoms with Crippen LogP contribution >= 0.6 is 23.2 Å². The standard InChI is InChI=1S/C19H16Cl2N2O3/c1-26-17-9-11(23(24)25)8-15-12-3-2-4-13(12)18(22-19(15)17)14-6-5-10(20)7-16(14)21/h2-3,5-9,12-13,18,22H,4H2,1H3/t12-,13-,18+/m0/s1. The van der Waals surface area contributed by atoms with E-state index in [0.29, 0.717) is 15.8 Å². The number of rotatable bonds is 3. The van der Waals surface area contributed by atoms with Gasteiger partial charge in [0.2, 0.25) is 0 Å². The second kappa shape index (κ2) is 6.49. The zero-order valence-electron chi connectivity index (χ0n) is 13.9. The lowest BCUT2D eigenvalue weighted by molar-refractivity contribution is -0.385. The van der Waals surface area contributed by atoms with Crippen molar-refractivity contribution in [3.63, 3.8) is 0 Å². The van der Waals surface area contributed by atoms with Crippen LogP contribution in [0.25, 0.3) is 0 Å². The Balaban J connectivity index is 1.86. The van der Waals surface area contributed by atoms with Gasteiger partial charge in [0.1, 0.15) is 5.75 Å². The summed E-state index contributed by atoms with van der Waals surface area (Å²) in [6.07, 6.45) is 5.10. The van der Waals surface area contributed by atoms with Crippen molar-refractivity contribution < 1.29 is 9.66 Å². The molecule has 0 radical (unpaired) electrons. The van der Waals surface area contributed by atoms with Crippen molar-refractivity contribution in [3.8, 4) is 5.75 Å². The number of nitro groups is 1. The predicted octanol–water partition coefficient (Wildman–Crippen LogP) is 5.74. The van der Waals surface area contributed by atoms with E-state index in [4.69, 9.17) is 27.9 Å². The van der Waals surface area contributed by atoms with Gasteiger partial charge in [-0.1, -0.05) is 41.4 Å². The van der Waals surface area contributed by atoms with E-state index < -0.39 is 4.92 Å². The highest BCUT2D eigenvalue weighted by atomic mass is 35.5. The summed E-state index contributed by atoms with van der Waals surface area (Å²) < 4.78 is 5.44. The van der Waals surface area contributed by atoms with E-state index in [9.17, 15) is 10.1 Å². The average molecular weight is 391 g/mol. The molecule has 1 aliphatic heterocycles. The van der Waals surface area contributed by atoms with Gasteiger partial charge in [-0.25, -0.2) is 0 Å². The van der Waals surface area contributed by atoms with E-state index in [2.05, 4.69) is 17.5 Å². The molecule has 0 amide bonds. The first kappa shape index (κ1) is 17.2. The Morgan fingerprint density at radius 2 is 2.04 bits per heavy atom. The topological polar surface area (TPSA) is 64.4 Å². The fourth-order valence-corrected chi connectivity index (χ4v) is 4.51. The molecule has 0 aromatic heterocycles. The number of nitrogens with zero attached hydrogens (tertiary/aromatic N) is 1. The maximum Gasteiger partial charge on any atom is 0.273 e. The molecule has 0 unspecified atom stereocenters. The van der Waals surface area contributed by atoms with E-state index >= 15 is 0 Å². The zero-order valence-corrected chi connectivity index (χ0v) is 15.4. The number of fused-ring (bicyclic) bond motifs is 3. The van der Waals surface area contributed by atoms with Crippen molar-refractivity contribution in [3.05, 3.63) is 73.8 Å². The van der Waals surface area contributed by atoms with Crippen LogP contribution in [0, 0.1) is 16.0 Å². The Morgan fingerprint density at radius 1 is 1.23 bits per heavy atom. The van der Waals surface area contributed by atoms with Crippen LogP contribution in [0.1, 0.15) is 29.5 Å². The van der Waals surface area contributed by atoms with Crippen LogP contribution in [-0.4, -0.2) is 12.0 Å². The predicted molar refractivity (Wildman–Crippen MR) is 102 cm³/mol. The summed E-state index contributed by atoms with van der Waals surface area (Å²) in [4.78, 5) is 10.9. The molecule has 1 N–H and O–H groups in total. The van der Waals surface area contributed by atoms with Gasteiger partial charge in [0.25, 0.3) is 5.69 Å². The van der Waals surface area contributed by atoms with E-state index in [-0.39, 0.29) is 23.6 Å². The van der Waals surface area contributed by atoms with Crippen molar-refractivity contribution in [2.45, 2.75) is 18.4 Å². The third kappa shape index (κ3) is 2.72. The molecule has 2 aromatic rings. The third-order valence-electron chi connectivity index (χ3n) is 5.15. The number of ether oxygens (including phenoxy) is 1. The van der Waals surface area contributed by atoms with Crippen LogP contribution < -0.4 is 10.1 Å². The quantitative estimate of drug-likeness (QED) is 0.412. The SMILES string of the molecule is COc1cc([N+](=O)[O-])cc2c1N[C@@H](c1ccc(Cl)cc1Cl)[C@H]1CC=C[C@H]21. The molecule has 5 nitrogen and oxygen atoms in total. The summed E-state index contributed by atoms with van der Waals surface area (Å²) in [5.74, 6) is 0.743. The first-order valence-corrected chi connectivity index (χ1v) is 8.99. The first-order valence-electron chi connectivity index (χ1n) is 8.24. The van der Waals surface area contributed by atoms with Gasteiger partial charge in [0.15, 0.2) is 0 Å². The number of nitrogens with one attached hydrogen (secondary N) is 1. The molecule has 7 heteroatoms. The van der Waals surface area contributed by atoms with Crippen LogP contribution in [0.2, 0.25) is 10.0 Å².